The van der Waals surface area contributed by atoms with Crippen LogP contribution in [0.4, 0.5) is 5.69 Å². The van der Waals surface area contributed by atoms with Crippen LogP contribution in [0.3, 0.4) is 0 Å². The summed E-state index contributed by atoms with van der Waals surface area (Å²) in [6.07, 6.45) is 1.46. The van der Waals surface area contributed by atoms with Crippen LogP contribution in [0.2, 0.25) is 18.1 Å². The van der Waals surface area contributed by atoms with Gasteiger partial charge >= 0.3 is 5.97 Å². The lowest BCUT2D eigenvalue weighted by Gasteiger charge is -2.40. The lowest BCUT2D eigenvalue weighted by Crippen LogP contribution is -2.47. The summed E-state index contributed by atoms with van der Waals surface area (Å²) in [5, 5.41) is 3.65. The molecule has 44 heavy (non-hydrogen) atoms. The second-order valence-corrected chi connectivity index (χ2v) is 20.0. The third-order valence-electron chi connectivity index (χ3n) is 7.72. The normalized spacial score (nSPS) is 13.3. The molecular formula is C34H48N2O6SSi. The second-order valence-electron chi connectivity index (χ2n) is 13.5. The lowest BCUT2D eigenvalue weighted by atomic mass is 9.94. The number of anilines is 1. The van der Waals surface area contributed by atoms with Gasteiger partial charge in [0, 0.05) is 19.0 Å². The summed E-state index contributed by atoms with van der Waals surface area (Å²) in [5.74, 6) is 0.604. The summed E-state index contributed by atoms with van der Waals surface area (Å²) in [6.45, 7) is 17.4. The molecule has 0 unspecified atom stereocenters. The molecule has 0 fully saturated rings. The molecule has 0 radical (unpaired) electrons. The molecule has 0 saturated carbocycles. The summed E-state index contributed by atoms with van der Waals surface area (Å²) in [6, 6.07) is 22.8. The van der Waals surface area contributed by atoms with Gasteiger partial charge in [-0.2, -0.15) is 0 Å². The molecule has 10 heteroatoms. The minimum atomic E-state index is -3.57. The van der Waals surface area contributed by atoms with E-state index in [2.05, 4.69) is 57.8 Å². The van der Waals surface area contributed by atoms with Gasteiger partial charge in [0.1, 0.15) is 18.1 Å². The number of hydrogen-bond acceptors (Lipinski definition) is 7. The van der Waals surface area contributed by atoms with Gasteiger partial charge in [-0.05, 0) is 79.4 Å². The second kappa shape index (κ2) is 14.3. The molecule has 3 aromatic rings. The van der Waals surface area contributed by atoms with E-state index in [9.17, 15) is 13.2 Å². The van der Waals surface area contributed by atoms with Gasteiger partial charge in [0.05, 0.1) is 18.0 Å². The van der Waals surface area contributed by atoms with Gasteiger partial charge in [0.25, 0.3) is 0 Å². The maximum absolute atomic E-state index is 12.4. The Kier molecular flexibility index (Phi) is 11.5. The molecule has 2 N–H and O–H groups in total. The van der Waals surface area contributed by atoms with Crippen molar-refractivity contribution in [2.24, 2.45) is 0 Å². The minimum Gasteiger partial charge on any atom is -0.487 e. The summed E-state index contributed by atoms with van der Waals surface area (Å²) in [7, 11) is -5.81. The monoisotopic (exact) mass is 640 g/mol. The number of carbonyl (C=O) groups is 1. The molecule has 1 atom stereocenters. The standard InChI is InChI=1S/C34H48N2O6SSi/c1-25(37)41-29-17-13-16-27(20-29)22-34(5,6)35-23-32(42-44(8,9)33(2,3)4)28-18-19-31(30(21-28)36-43(7,38)39)40-24-26-14-11-10-12-15-26/h10-21,32,35-36H,22-24H2,1-9H3/t32-/m0/s1. The van der Waals surface area contributed by atoms with Crippen molar-refractivity contribution in [1.29, 1.82) is 0 Å². The molecule has 0 aliphatic rings. The molecule has 240 valence electrons. The van der Waals surface area contributed by atoms with E-state index in [-0.39, 0.29) is 22.7 Å². The summed E-state index contributed by atoms with van der Waals surface area (Å²) < 4.78 is 45.6. The number of esters is 1. The first kappa shape index (κ1) is 35.3. The van der Waals surface area contributed by atoms with Crippen molar-refractivity contribution in [1.82, 2.24) is 5.32 Å². The number of ether oxygens (including phenoxy) is 2. The van der Waals surface area contributed by atoms with E-state index >= 15 is 0 Å². The summed E-state index contributed by atoms with van der Waals surface area (Å²) in [5.41, 5.74) is 2.88. The predicted octanol–water partition coefficient (Wildman–Crippen LogP) is 7.24. The van der Waals surface area contributed by atoms with Gasteiger partial charge in [0.2, 0.25) is 10.0 Å². The van der Waals surface area contributed by atoms with E-state index in [0.29, 0.717) is 36.8 Å². The Labute approximate surface area is 264 Å². The molecule has 3 rings (SSSR count). The maximum Gasteiger partial charge on any atom is 0.308 e. The third-order valence-corrected chi connectivity index (χ3v) is 12.8. The molecule has 0 spiro atoms. The number of hydrogen-bond donors (Lipinski definition) is 2. The van der Waals surface area contributed by atoms with Gasteiger partial charge in [-0.15, -0.1) is 0 Å². The van der Waals surface area contributed by atoms with E-state index in [1.165, 1.54) is 6.92 Å². The van der Waals surface area contributed by atoms with Crippen LogP contribution in [0.25, 0.3) is 0 Å². The number of benzene rings is 3. The zero-order valence-electron chi connectivity index (χ0n) is 27.5. The number of sulfonamides is 1. The quantitative estimate of drug-likeness (QED) is 0.109. The minimum absolute atomic E-state index is 0.0372. The Morgan fingerprint density at radius 1 is 0.909 bits per heavy atom. The highest BCUT2D eigenvalue weighted by Gasteiger charge is 2.40. The van der Waals surface area contributed by atoms with Gasteiger partial charge < -0.3 is 19.2 Å². The molecular weight excluding hydrogens is 593 g/mol. The smallest absolute Gasteiger partial charge is 0.308 e. The van der Waals surface area contributed by atoms with Crippen LogP contribution in [-0.2, 0) is 32.3 Å². The topological polar surface area (TPSA) is 103 Å². The van der Waals surface area contributed by atoms with Gasteiger partial charge in [-0.3, -0.25) is 9.52 Å². The van der Waals surface area contributed by atoms with Crippen LogP contribution in [-0.4, -0.2) is 41.0 Å². The Morgan fingerprint density at radius 3 is 2.18 bits per heavy atom. The van der Waals surface area contributed by atoms with E-state index in [0.717, 1.165) is 22.9 Å². The molecule has 0 heterocycles. The molecule has 0 aliphatic carbocycles. The first-order chi connectivity index (χ1) is 20.3. The molecule has 0 bridgehead atoms. The van der Waals surface area contributed by atoms with Crippen molar-refractivity contribution in [2.45, 2.75) is 84.3 Å². The highest BCUT2D eigenvalue weighted by Crippen LogP contribution is 2.41. The Bertz CT molecular complexity index is 1520. The molecule has 0 aliphatic heterocycles. The Balaban J connectivity index is 1.91. The van der Waals surface area contributed by atoms with Crippen LogP contribution in [0.5, 0.6) is 11.5 Å². The molecule has 0 amide bonds. The highest BCUT2D eigenvalue weighted by molar-refractivity contribution is 7.92. The number of rotatable bonds is 14. The van der Waals surface area contributed by atoms with Gasteiger partial charge in [0.15, 0.2) is 8.32 Å². The average Bonchev–Trinajstić information content (AvgIpc) is 2.89. The van der Waals surface area contributed by atoms with Gasteiger partial charge in [-0.25, -0.2) is 8.42 Å². The van der Waals surface area contributed by atoms with Crippen LogP contribution >= 0.6 is 0 Å². The summed E-state index contributed by atoms with van der Waals surface area (Å²) >= 11 is 0. The highest BCUT2D eigenvalue weighted by atomic mass is 32.2. The first-order valence-corrected chi connectivity index (χ1v) is 19.6. The van der Waals surface area contributed by atoms with Crippen LogP contribution in [0.1, 0.15) is 64.3 Å². The fourth-order valence-corrected chi connectivity index (χ4v) is 6.32. The van der Waals surface area contributed by atoms with Crippen LogP contribution in [0, 0.1) is 0 Å². The van der Waals surface area contributed by atoms with Crippen molar-refractivity contribution in [3.05, 3.63) is 89.5 Å². The lowest BCUT2D eigenvalue weighted by molar-refractivity contribution is -0.131. The molecule has 3 aromatic carbocycles. The van der Waals surface area contributed by atoms with Crippen molar-refractivity contribution < 1.29 is 27.1 Å². The van der Waals surface area contributed by atoms with Crippen molar-refractivity contribution in [3.63, 3.8) is 0 Å². The zero-order valence-corrected chi connectivity index (χ0v) is 29.3. The van der Waals surface area contributed by atoms with Gasteiger partial charge in [-0.1, -0.05) is 69.3 Å². The van der Waals surface area contributed by atoms with E-state index in [1.807, 2.05) is 60.7 Å². The van der Waals surface area contributed by atoms with Crippen LogP contribution < -0.4 is 19.5 Å². The zero-order chi connectivity index (χ0) is 32.8. The first-order valence-electron chi connectivity index (χ1n) is 14.8. The van der Waals surface area contributed by atoms with Crippen molar-refractivity contribution >= 4 is 30.0 Å². The largest absolute Gasteiger partial charge is 0.487 e. The number of carbonyl (C=O) groups excluding carboxylic acids is 1. The number of nitrogens with one attached hydrogen (secondary N) is 2. The fourth-order valence-electron chi connectivity index (χ4n) is 4.48. The molecule has 0 saturated heterocycles. The fraction of sp³-hybridized carbons (Fsp3) is 0.441. The maximum atomic E-state index is 12.4. The van der Waals surface area contributed by atoms with E-state index in [4.69, 9.17) is 13.9 Å². The predicted molar refractivity (Wildman–Crippen MR) is 180 cm³/mol. The SMILES string of the molecule is CC(=O)Oc1cccc(CC(C)(C)NC[C@H](O[Si](C)(C)C(C)(C)C)c2ccc(OCc3ccccc3)c(NS(C)(=O)=O)c2)c1. The Hall–Kier alpha value is -3.18. The van der Waals surface area contributed by atoms with E-state index < -0.39 is 18.3 Å². The van der Waals surface area contributed by atoms with Crippen molar-refractivity contribution in [2.75, 3.05) is 17.5 Å². The Morgan fingerprint density at radius 2 is 1.57 bits per heavy atom. The van der Waals surface area contributed by atoms with E-state index in [1.54, 1.807) is 12.1 Å². The average molecular weight is 641 g/mol. The third kappa shape index (κ3) is 11.1. The molecule has 8 nitrogen and oxygen atoms in total. The van der Waals surface area contributed by atoms with Crippen LogP contribution in [0.15, 0.2) is 72.8 Å². The summed E-state index contributed by atoms with van der Waals surface area (Å²) in [4.78, 5) is 11.4. The molecule has 0 aromatic heterocycles. The van der Waals surface area contributed by atoms with Crippen molar-refractivity contribution in [3.8, 4) is 11.5 Å².